The van der Waals surface area contributed by atoms with E-state index in [1.54, 1.807) is 7.05 Å². The zero-order valence-corrected chi connectivity index (χ0v) is 14.7. The monoisotopic (exact) mass is 376 g/mol. The molecule has 0 amide bonds. The standard InChI is InChI=1S/C13H21BrN4O2S/c1-17-5-3-10(4-6-17)9-18(2)21(19,20)12-7-11(14)8-16-13(12)15/h7-8,10H,3-6,9H2,1-2H3,(H2,15,16). The number of aromatic nitrogens is 1. The molecule has 0 bridgehead atoms. The van der Waals surface area contributed by atoms with Crippen molar-refractivity contribution in [3.63, 3.8) is 0 Å². The van der Waals surface area contributed by atoms with Crippen molar-refractivity contribution in [2.24, 2.45) is 5.92 Å². The summed E-state index contributed by atoms with van der Waals surface area (Å²) in [5, 5.41) is 0. The van der Waals surface area contributed by atoms with Crippen molar-refractivity contribution in [1.82, 2.24) is 14.2 Å². The van der Waals surface area contributed by atoms with Crippen LogP contribution in [0.1, 0.15) is 12.8 Å². The second kappa shape index (κ2) is 6.60. The lowest BCUT2D eigenvalue weighted by molar-refractivity contribution is 0.202. The van der Waals surface area contributed by atoms with Crippen LogP contribution in [0.25, 0.3) is 0 Å². The highest BCUT2D eigenvalue weighted by Gasteiger charge is 2.27. The van der Waals surface area contributed by atoms with E-state index in [0.29, 0.717) is 16.9 Å². The molecule has 1 saturated heterocycles. The predicted molar refractivity (Wildman–Crippen MR) is 86.4 cm³/mol. The third-order valence-electron chi connectivity index (χ3n) is 3.89. The molecule has 21 heavy (non-hydrogen) atoms. The highest BCUT2D eigenvalue weighted by molar-refractivity contribution is 9.10. The summed E-state index contributed by atoms with van der Waals surface area (Å²) >= 11 is 3.24. The normalized spacial score (nSPS) is 18.3. The van der Waals surface area contributed by atoms with Crippen molar-refractivity contribution in [1.29, 1.82) is 0 Å². The van der Waals surface area contributed by atoms with Gasteiger partial charge >= 0.3 is 0 Å². The Labute approximate surface area is 134 Å². The minimum Gasteiger partial charge on any atom is -0.383 e. The molecule has 2 heterocycles. The van der Waals surface area contributed by atoms with Crippen LogP contribution < -0.4 is 5.73 Å². The van der Waals surface area contributed by atoms with E-state index in [0.717, 1.165) is 25.9 Å². The van der Waals surface area contributed by atoms with Gasteiger partial charge in [-0.25, -0.2) is 17.7 Å². The summed E-state index contributed by atoms with van der Waals surface area (Å²) in [5.74, 6) is 0.427. The first kappa shape index (κ1) is 16.7. The van der Waals surface area contributed by atoms with Crippen molar-refractivity contribution >= 4 is 31.8 Å². The first-order valence-corrected chi connectivity index (χ1v) is 9.10. The van der Waals surface area contributed by atoms with Gasteiger partial charge in [-0.3, -0.25) is 0 Å². The maximum absolute atomic E-state index is 12.6. The Morgan fingerprint density at radius 1 is 1.48 bits per heavy atom. The lowest BCUT2D eigenvalue weighted by atomic mass is 9.97. The maximum atomic E-state index is 12.6. The van der Waals surface area contributed by atoms with Crippen LogP contribution in [-0.2, 0) is 10.0 Å². The van der Waals surface area contributed by atoms with Crippen LogP contribution in [0.4, 0.5) is 5.82 Å². The number of halogens is 1. The molecule has 1 aliphatic rings. The fraction of sp³-hybridized carbons (Fsp3) is 0.615. The second-order valence-corrected chi connectivity index (χ2v) is 8.50. The van der Waals surface area contributed by atoms with Gasteiger partial charge in [-0.1, -0.05) is 0 Å². The average molecular weight is 377 g/mol. The fourth-order valence-electron chi connectivity index (χ4n) is 2.51. The van der Waals surface area contributed by atoms with Crippen LogP contribution in [0.5, 0.6) is 0 Å². The molecule has 0 atom stereocenters. The Kier molecular flexibility index (Phi) is 5.24. The molecule has 1 aromatic rings. The predicted octanol–water partition coefficient (Wildman–Crippen LogP) is 1.39. The molecule has 1 aliphatic heterocycles. The average Bonchev–Trinajstić information content (AvgIpc) is 2.43. The number of nitrogens with zero attached hydrogens (tertiary/aromatic N) is 3. The van der Waals surface area contributed by atoms with E-state index in [2.05, 4.69) is 32.9 Å². The summed E-state index contributed by atoms with van der Waals surface area (Å²) in [6.45, 7) is 2.54. The molecule has 0 aromatic carbocycles. The summed E-state index contributed by atoms with van der Waals surface area (Å²) in [7, 11) is 0.0902. The first-order chi connectivity index (χ1) is 9.80. The molecule has 8 heteroatoms. The Hall–Kier alpha value is -0.700. The fourth-order valence-corrected chi connectivity index (χ4v) is 4.33. The molecule has 0 unspecified atom stereocenters. The Morgan fingerprint density at radius 2 is 2.10 bits per heavy atom. The van der Waals surface area contributed by atoms with Crippen LogP contribution in [0.2, 0.25) is 0 Å². The van der Waals surface area contributed by atoms with Gasteiger partial charge in [-0.2, -0.15) is 0 Å². The zero-order chi connectivity index (χ0) is 15.6. The number of hydrogen-bond donors (Lipinski definition) is 1. The molecule has 0 spiro atoms. The van der Waals surface area contributed by atoms with E-state index in [4.69, 9.17) is 5.73 Å². The molecule has 118 valence electrons. The lowest BCUT2D eigenvalue weighted by Crippen LogP contribution is -2.38. The number of likely N-dealkylation sites (tertiary alicyclic amines) is 1. The van der Waals surface area contributed by atoms with Gasteiger partial charge in [0.05, 0.1) is 0 Å². The van der Waals surface area contributed by atoms with E-state index >= 15 is 0 Å². The minimum absolute atomic E-state index is 0.0356. The number of piperidine rings is 1. The highest BCUT2D eigenvalue weighted by Crippen LogP contribution is 2.25. The summed E-state index contributed by atoms with van der Waals surface area (Å²) in [6.07, 6.45) is 3.52. The summed E-state index contributed by atoms with van der Waals surface area (Å²) < 4.78 is 27.2. The molecule has 0 aliphatic carbocycles. The topological polar surface area (TPSA) is 79.5 Å². The number of nitrogen functional groups attached to an aromatic ring is 1. The summed E-state index contributed by atoms with van der Waals surface area (Å²) in [4.78, 5) is 6.23. The van der Waals surface area contributed by atoms with E-state index < -0.39 is 10.0 Å². The van der Waals surface area contributed by atoms with Crippen molar-refractivity contribution in [2.75, 3.05) is 39.5 Å². The number of pyridine rings is 1. The quantitative estimate of drug-likeness (QED) is 0.858. The number of sulfonamides is 1. The largest absolute Gasteiger partial charge is 0.383 e. The lowest BCUT2D eigenvalue weighted by Gasteiger charge is -2.31. The second-order valence-electron chi connectivity index (χ2n) is 5.57. The van der Waals surface area contributed by atoms with Crippen molar-refractivity contribution < 1.29 is 8.42 Å². The number of hydrogen-bond acceptors (Lipinski definition) is 5. The van der Waals surface area contributed by atoms with E-state index in [9.17, 15) is 8.42 Å². The van der Waals surface area contributed by atoms with Crippen LogP contribution in [0.15, 0.2) is 21.6 Å². The molecule has 6 nitrogen and oxygen atoms in total. The summed E-state index contributed by atoms with van der Waals surface area (Å²) in [6, 6.07) is 1.50. The molecule has 2 rings (SSSR count). The smallest absolute Gasteiger partial charge is 0.246 e. The van der Waals surface area contributed by atoms with E-state index in [1.807, 2.05) is 0 Å². The van der Waals surface area contributed by atoms with Gasteiger partial charge in [0, 0.05) is 24.3 Å². The van der Waals surface area contributed by atoms with E-state index in [1.165, 1.54) is 16.6 Å². The van der Waals surface area contributed by atoms with Gasteiger partial charge in [-0.15, -0.1) is 0 Å². The van der Waals surface area contributed by atoms with Gasteiger partial charge in [0.2, 0.25) is 10.0 Å². The number of rotatable bonds is 4. The van der Waals surface area contributed by atoms with Crippen LogP contribution >= 0.6 is 15.9 Å². The summed E-state index contributed by atoms with van der Waals surface area (Å²) in [5.41, 5.74) is 5.72. The Morgan fingerprint density at radius 3 is 2.71 bits per heavy atom. The Bertz CT molecular complexity index is 600. The zero-order valence-electron chi connectivity index (χ0n) is 12.3. The molecule has 0 radical (unpaired) electrons. The van der Waals surface area contributed by atoms with Crippen molar-refractivity contribution in [3.8, 4) is 0 Å². The maximum Gasteiger partial charge on any atom is 0.246 e. The number of nitrogens with two attached hydrogens (primary N) is 1. The molecular formula is C13H21BrN4O2S. The molecule has 1 aromatic heterocycles. The third kappa shape index (κ3) is 3.94. The van der Waals surface area contributed by atoms with Crippen LogP contribution in [0, 0.1) is 5.92 Å². The SMILES string of the molecule is CN1CCC(CN(C)S(=O)(=O)c2cc(Br)cnc2N)CC1. The van der Waals surface area contributed by atoms with E-state index in [-0.39, 0.29) is 10.7 Å². The van der Waals surface area contributed by atoms with Gasteiger partial charge in [0.15, 0.2) is 0 Å². The van der Waals surface area contributed by atoms with Crippen LogP contribution in [0.3, 0.4) is 0 Å². The molecule has 2 N–H and O–H groups in total. The third-order valence-corrected chi connectivity index (χ3v) is 6.18. The van der Waals surface area contributed by atoms with Crippen LogP contribution in [-0.4, -0.2) is 56.3 Å². The number of anilines is 1. The molecular weight excluding hydrogens is 356 g/mol. The molecule has 1 fully saturated rings. The van der Waals surface area contributed by atoms with Gasteiger partial charge in [-0.05, 0) is 60.9 Å². The molecule has 0 saturated carbocycles. The first-order valence-electron chi connectivity index (χ1n) is 6.86. The van der Waals surface area contributed by atoms with Crippen molar-refractivity contribution in [2.45, 2.75) is 17.7 Å². The van der Waals surface area contributed by atoms with Crippen molar-refractivity contribution in [3.05, 3.63) is 16.7 Å². The Balaban J connectivity index is 2.13. The minimum atomic E-state index is -3.60. The highest BCUT2D eigenvalue weighted by atomic mass is 79.9. The van der Waals surface area contributed by atoms with Gasteiger partial charge in [0.25, 0.3) is 0 Å². The van der Waals surface area contributed by atoms with Gasteiger partial charge in [0.1, 0.15) is 10.7 Å². The van der Waals surface area contributed by atoms with Gasteiger partial charge < -0.3 is 10.6 Å².